The maximum Gasteiger partial charge on any atom is 0.254 e. The van der Waals surface area contributed by atoms with Crippen molar-refractivity contribution >= 4 is 36.5 Å². The molecule has 0 spiro atoms. The summed E-state index contributed by atoms with van der Waals surface area (Å²) in [5, 5.41) is 3.06. The molecule has 0 aromatic carbocycles. The lowest BCUT2D eigenvalue weighted by Crippen LogP contribution is -2.33. The molecule has 1 heterocycles. The summed E-state index contributed by atoms with van der Waals surface area (Å²) in [6, 6.07) is 1.41. The maximum atomic E-state index is 14.0. The fourth-order valence-corrected chi connectivity index (χ4v) is 2.45. The van der Waals surface area contributed by atoms with Gasteiger partial charge in [-0.3, -0.25) is 4.79 Å². The minimum Gasteiger partial charge on any atom is -0.477 e. The number of aromatic nitrogens is 1. The fraction of sp³-hybridized carbons (Fsp3) is 0.571. The van der Waals surface area contributed by atoms with Crippen LogP contribution >= 0.6 is 24.8 Å². The van der Waals surface area contributed by atoms with E-state index < -0.39 is 11.7 Å². The summed E-state index contributed by atoms with van der Waals surface area (Å²) in [6.07, 6.45) is 3.53. The molecule has 1 aliphatic rings. The highest BCUT2D eigenvalue weighted by Gasteiger charge is 2.22. The predicted molar refractivity (Wildman–Crippen MR) is 92.2 cm³/mol. The molecule has 9 heteroatoms. The number of carbonyl (C=O) groups is 1. The zero-order valence-electron chi connectivity index (χ0n) is 12.9. The standard InChI is InChI=1S/C14H21FN4O2.2ClH/c1-2-21-14-10(12(17)20)7-11(15)13(19-14)18-9-5-3-8(16)4-6-9;;/h7-9H,2-6,16H2,1H3,(H2,17,20)(H,18,19);2*1H/t8-,9-;;. The monoisotopic (exact) mass is 368 g/mol. The molecule has 0 radical (unpaired) electrons. The van der Waals surface area contributed by atoms with E-state index in [4.69, 9.17) is 16.2 Å². The van der Waals surface area contributed by atoms with E-state index in [1.165, 1.54) is 0 Å². The van der Waals surface area contributed by atoms with Gasteiger partial charge >= 0.3 is 0 Å². The van der Waals surface area contributed by atoms with Crippen molar-refractivity contribution in [2.75, 3.05) is 11.9 Å². The summed E-state index contributed by atoms with van der Waals surface area (Å²) in [4.78, 5) is 15.3. The first kappa shape index (κ1) is 21.7. The lowest BCUT2D eigenvalue weighted by molar-refractivity contribution is 0.0995. The van der Waals surface area contributed by atoms with E-state index in [1.54, 1.807) is 6.92 Å². The molecule has 5 N–H and O–H groups in total. The van der Waals surface area contributed by atoms with Crippen LogP contribution in [0.25, 0.3) is 0 Å². The first-order chi connectivity index (χ1) is 10.0. The molecular formula is C14H23Cl2FN4O2. The van der Waals surface area contributed by atoms with Crippen molar-refractivity contribution in [1.82, 2.24) is 4.98 Å². The number of anilines is 1. The summed E-state index contributed by atoms with van der Waals surface area (Å²) in [5.41, 5.74) is 11.0. The van der Waals surface area contributed by atoms with Crippen molar-refractivity contribution in [2.24, 2.45) is 11.5 Å². The molecule has 1 amide bonds. The first-order valence-corrected chi connectivity index (χ1v) is 7.16. The molecular weight excluding hydrogens is 346 g/mol. The third-order valence-corrected chi connectivity index (χ3v) is 3.60. The van der Waals surface area contributed by atoms with Gasteiger partial charge in [-0.1, -0.05) is 0 Å². The Balaban J connectivity index is 0.00000242. The number of ether oxygens (including phenoxy) is 1. The largest absolute Gasteiger partial charge is 0.477 e. The lowest BCUT2D eigenvalue weighted by Gasteiger charge is -2.27. The van der Waals surface area contributed by atoms with Crippen molar-refractivity contribution < 1.29 is 13.9 Å². The van der Waals surface area contributed by atoms with Crippen LogP contribution in [-0.4, -0.2) is 29.6 Å². The van der Waals surface area contributed by atoms with Crippen LogP contribution in [0, 0.1) is 5.82 Å². The molecule has 1 fully saturated rings. The molecule has 0 bridgehead atoms. The minimum absolute atomic E-state index is 0. The van der Waals surface area contributed by atoms with Gasteiger partial charge in [0.2, 0.25) is 5.88 Å². The Hall–Kier alpha value is -1.31. The van der Waals surface area contributed by atoms with Crippen LogP contribution in [0.3, 0.4) is 0 Å². The number of hydrogen-bond donors (Lipinski definition) is 3. The number of rotatable bonds is 5. The van der Waals surface area contributed by atoms with Crippen LogP contribution in [-0.2, 0) is 0 Å². The second-order valence-corrected chi connectivity index (χ2v) is 5.22. The smallest absolute Gasteiger partial charge is 0.254 e. The van der Waals surface area contributed by atoms with Crippen LogP contribution < -0.4 is 21.5 Å². The highest BCUT2D eigenvalue weighted by Crippen LogP contribution is 2.25. The van der Waals surface area contributed by atoms with Gasteiger partial charge in [-0.2, -0.15) is 4.98 Å². The SMILES string of the molecule is CCOc1nc(N[C@H]2CC[C@H](N)CC2)c(F)cc1C(N)=O.Cl.Cl. The summed E-state index contributed by atoms with van der Waals surface area (Å²) < 4.78 is 19.3. The summed E-state index contributed by atoms with van der Waals surface area (Å²) in [7, 11) is 0. The first-order valence-electron chi connectivity index (χ1n) is 7.16. The van der Waals surface area contributed by atoms with Crippen LogP contribution in [0.4, 0.5) is 10.2 Å². The van der Waals surface area contributed by atoms with E-state index in [9.17, 15) is 9.18 Å². The predicted octanol–water partition coefficient (Wildman–Crippen LogP) is 2.24. The van der Waals surface area contributed by atoms with E-state index in [0.29, 0.717) is 6.61 Å². The summed E-state index contributed by atoms with van der Waals surface area (Å²) >= 11 is 0. The van der Waals surface area contributed by atoms with Gasteiger partial charge in [-0.05, 0) is 38.7 Å². The molecule has 1 aromatic heterocycles. The Kier molecular flexibility index (Phi) is 9.19. The van der Waals surface area contributed by atoms with Gasteiger partial charge in [-0.25, -0.2) is 4.39 Å². The quantitative estimate of drug-likeness (QED) is 0.739. The molecule has 0 saturated heterocycles. The van der Waals surface area contributed by atoms with Crippen LogP contribution in [0.2, 0.25) is 0 Å². The van der Waals surface area contributed by atoms with E-state index in [2.05, 4.69) is 10.3 Å². The average molecular weight is 369 g/mol. The third-order valence-electron chi connectivity index (χ3n) is 3.60. The van der Waals surface area contributed by atoms with Gasteiger partial charge in [-0.15, -0.1) is 24.8 Å². The van der Waals surface area contributed by atoms with E-state index >= 15 is 0 Å². The van der Waals surface area contributed by atoms with Gasteiger partial charge < -0.3 is 21.5 Å². The van der Waals surface area contributed by atoms with Crippen LogP contribution in [0.15, 0.2) is 6.07 Å². The molecule has 132 valence electrons. The zero-order chi connectivity index (χ0) is 15.4. The van der Waals surface area contributed by atoms with Crippen molar-refractivity contribution in [3.8, 4) is 5.88 Å². The second kappa shape index (κ2) is 9.75. The fourth-order valence-electron chi connectivity index (χ4n) is 2.45. The Labute approximate surface area is 147 Å². The highest BCUT2D eigenvalue weighted by atomic mass is 35.5. The van der Waals surface area contributed by atoms with Gasteiger partial charge in [0, 0.05) is 12.1 Å². The Morgan fingerprint density at radius 2 is 2.00 bits per heavy atom. The Bertz CT molecular complexity index is 526. The molecule has 0 unspecified atom stereocenters. The Morgan fingerprint density at radius 1 is 1.39 bits per heavy atom. The minimum atomic E-state index is -0.764. The zero-order valence-corrected chi connectivity index (χ0v) is 14.5. The average Bonchev–Trinajstić information content (AvgIpc) is 2.44. The lowest BCUT2D eigenvalue weighted by atomic mass is 9.92. The molecule has 1 aliphatic carbocycles. The summed E-state index contributed by atoms with van der Waals surface area (Å²) in [6.45, 7) is 2.07. The van der Waals surface area contributed by atoms with Gasteiger partial charge in [0.05, 0.1) is 6.61 Å². The molecule has 2 rings (SSSR count). The van der Waals surface area contributed by atoms with Gasteiger partial charge in [0.1, 0.15) is 5.56 Å². The molecule has 23 heavy (non-hydrogen) atoms. The maximum absolute atomic E-state index is 14.0. The Morgan fingerprint density at radius 3 is 2.52 bits per heavy atom. The number of pyridine rings is 1. The number of carbonyl (C=O) groups excluding carboxylic acids is 1. The van der Waals surface area contributed by atoms with Crippen molar-refractivity contribution in [3.05, 3.63) is 17.4 Å². The van der Waals surface area contributed by atoms with Crippen LogP contribution in [0.1, 0.15) is 43.0 Å². The summed E-state index contributed by atoms with van der Waals surface area (Å²) in [5.74, 6) is -1.23. The number of hydrogen-bond acceptors (Lipinski definition) is 5. The topological polar surface area (TPSA) is 103 Å². The van der Waals surface area contributed by atoms with E-state index in [1.807, 2.05) is 0 Å². The molecule has 0 atom stereocenters. The number of nitrogens with one attached hydrogen (secondary N) is 1. The van der Waals surface area contributed by atoms with Crippen molar-refractivity contribution in [3.63, 3.8) is 0 Å². The van der Waals surface area contributed by atoms with Gasteiger partial charge in [0.15, 0.2) is 11.6 Å². The molecule has 1 saturated carbocycles. The number of amides is 1. The number of primary amides is 1. The second-order valence-electron chi connectivity index (χ2n) is 5.22. The van der Waals surface area contributed by atoms with Gasteiger partial charge in [0.25, 0.3) is 5.91 Å². The normalized spacial score (nSPS) is 20.0. The number of nitrogens with two attached hydrogens (primary N) is 2. The molecule has 6 nitrogen and oxygen atoms in total. The van der Waals surface area contributed by atoms with Crippen LogP contribution in [0.5, 0.6) is 5.88 Å². The highest BCUT2D eigenvalue weighted by molar-refractivity contribution is 5.95. The number of nitrogens with zero attached hydrogens (tertiary/aromatic N) is 1. The number of halogens is 3. The molecule has 1 aromatic rings. The van der Waals surface area contributed by atoms with E-state index in [-0.39, 0.29) is 54.2 Å². The van der Waals surface area contributed by atoms with Crippen molar-refractivity contribution in [2.45, 2.75) is 44.7 Å². The van der Waals surface area contributed by atoms with E-state index in [0.717, 1.165) is 31.7 Å². The van der Waals surface area contributed by atoms with Crippen molar-refractivity contribution in [1.29, 1.82) is 0 Å². The molecule has 0 aliphatic heterocycles. The third kappa shape index (κ3) is 5.67.